The van der Waals surface area contributed by atoms with Crippen molar-refractivity contribution in [2.24, 2.45) is 5.92 Å². The van der Waals surface area contributed by atoms with Crippen LogP contribution in [0.2, 0.25) is 5.02 Å². The average molecular weight is 366 g/mol. The fraction of sp³-hybridized carbons (Fsp3) is 0.353. The van der Waals surface area contributed by atoms with E-state index in [1.807, 2.05) is 18.3 Å². The molecule has 0 bridgehead atoms. The van der Waals surface area contributed by atoms with E-state index in [9.17, 15) is 8.42 Å². The number of halogens is 1. The van der Waals surface area contributed by atoms with Crippen molar-refractivity contribution < 1.29 is 8.42 Å². The lowest BCUT2D eigenvalue weighted by Crippen LogP contribution is -2.34. The van der Waals surface area contributed by atoms with Crippen LogP contribution < -0.4 is 0 Å². The lowest BCUT2D eigenvalue weighted by molar-refractivity contribution is 0.305. The first-order valence-electron chi connectivity index (χ1n) is 7.84. The van der Waals surface area contributed by atoms with Crippen molar-refractivity contribution in [2.45, 2.75) is 19.4 Å². The second-order valence-electron chi connectivity index (χ2n) is 6.05. The number of hydrogen-bond acceptors (Lipinski definition) is 3. The van der Waals surface area contributed by atoms with Crippen molar-refractivity contribution in [1.82, 2.24) is 13.9 Å². The molecule has 128 valence electrons. The van der Waals surface area contributed by atoms with Gasteiger partial charge in [-0.25, -0.2) is 17.7 Å². The Morgan fingerprint density at radius 3 is 3.00 bits per heavy atom. The molecule has 0 saturated carbocycles. The van der Waals surface area contributed by atoms with Crippen molar-refractivity contribution in [3.8, 4) is 0 Å². The number of rotatable bonds is 5. The predicted molar refractivity (Wildman–Crippen MR) is 96.1 cm³/mol. The van der Waals surface area contributed by atoms with Crippen molar-refractivity contribution in [1.29, 1.82) is 0 Å². The van der Waals surface area contributed by atoms with Crippen LogP contribution >= 0.6 is 11.6 Å². The van der Waals surface area contributed by atoms with Crippen LogP contribution in [0.4, 0.5) is 0 Å². The topological polar surface area (TPSA) is 55.2 Å². The molecule has 1 aromatic carbocycles. The smallest absolute Gasteiger partial charge is 0.235 e. The van der Waals surface area contributed by atoms with Gasteiger partial charge >= 0.3 is 0 Å². The maximum absolute atomic E-state index is 12.5. The van der Waals surface area contributed by atoms with Gasteiger partial charge < -0.3 is 4.57 Å². The highest BCUT2D eigenvalue weighted by molar-refractivity contribution is 7.92. The zero-order valence-electron chi connectivity index (χ0n) is 13.5. The van der Waals surface area contributed by atoms with Crippen molar-refractivity contribution >= 4 is 27.7 Å². The van der Waals surface area contributed by atoms with E-state index in [-0.39, 0.29) is 0 Å². The molecule has 0 aliphatic carbocycles. The lowest BCUT2D eigenvalue weighted by atomic mass is 10.00. The molecule has 7 heteroatoms. The van der Waals surface area contributed by atoms with Crippen LogP contribution in [-0.2, 0) is 23.0 Å². The van der Waals surface area contributed by atoms with Gasteiger partial charge in [-0.2, -0.15) is 0 Å². The molecule has 1 atom stereocenters. The molecular weight excluding hydrogens is 346 g/mol. The van der Waals surface area contributed by atoms with Gasteiger partial charge in [0.1, 0.15) is 5.82 Å². The molecule has 3 rings (SSSR count). The Kier molecular flexibility index (Phi) is 5.08. The highest BCUT2D eigenvalue weighted by Gasteiger charge is 2.23. The fourth-order valence-electron chi connectivity index (χ4n) is 2.93. The van der Waals surface area contributed by atoms with Crippen LogP contribution in [0.3, 0.4) is 0 Å². The molecule has 1 aromatic heterocycles. The summed E-state index contributed by atoms with van der Waals surface area (Å²) >= 11 is 6.06. The Bertz CT molecular complexity index is 845. The third-order valence-corrected chi connectivity index (χ3v) is 6.15. The quantitative estimate of drug-likeness (QED) is 0.818. The Balaban J connectivity index is 1.66. The predicted octanol–water partition coefficient (Wildman–Crippen LogP) is 3.03. The summed E-state index contributed by atoms with van der Waals surface area (Å²) in [5.74, 6) is 1.37. The van der Waals surface area contributed by atoms with E-state index in [4.69, 9.17) is 11.6 Å². The standard InChI is InChI=1S/C17H20ClN3O2S/c1-20(12-14-6-7-17-19-9-10-21(17)13-14)24(22,23)11-8-15-4-2-3-5-16(15)18/h2-5,8-11,14H,6-7,12-13H2,1H3/b11-8+. The molecule has 0 N–H and O–H groups in total. The second-order valence-corrected chi connectivity index (χ2v) is 8.38. The zero-order valence-corrected chi connectivity index (χ0v) is 15.0. The normalized spacial score (nSPS) is 18.2. The number of nitrogens with zero attached hydrogens (tertiary/aromatic N) is 3. The van der Waals surface area contributed by atoms with Crippen molar-refractivity contribution in [2.75, 3.05) is 13.6 Å². The van der Waals surface area contributed by atoms with Crippen LogP contribution in [0.25, 0.3) is 6.08 Å². The Labute approximate surface area is 147 Å². The highest BCUT2D eigenvalue weighted by Crippen LogP contribution is 2.21. The monoisotopic (exact) mass is 365 g/mol. The highest BCUT2D eigenvalue weighted by atomic mass is 35.5. The summed E-state index contributed by atoms with van der Waals surface area (Å²) < 4.78 is 28.4. The molecule has 0 amide bonds. The summed E-state index contributed by atoms with van der Waals surface area (Å²) in [6.07, 6.45) is 7.13. The van der Waals surface area contributed by atoms with Crippen molar-refractivity contribution in [3.63, 3.8) is 0 Å². The van der Waals surface area contributed by atoms with Crippen LogP contribution in [-0.4, -0.2) is 35.9 Å². The minimum absolute atomic E-state index is 0.292. The minimum atomic E-state index is -3.47. The van der Waals surface area contributed by atoms with Gasteiger partial charge in [-0.3, -0.25) is 0 Å². The molecule has 1 aliphatic rings. The molecule has 5 nitrogen and oxygen atoms in total. The van der Waals surface area contributed by atoms with E-state index >= 15 is 0 Å². The Hall–Kier alpha value is -1.63. The van der Waals surface area contributed by atoms with Gasteiger partial charge in [-0.05, 0) is 30.0 Å². The summed E-state index contributed by atoms with van der Waals surface area (Å²) in [5, 5.41) is 1.76. The van der Waals surface area contributed by atoms with Gasteiger partial charge in [0.05, 0.1) is 0 Å². The largest absolute Gasteiger partial charge is 0.335 e. The van der Waals surface area contributed by atoms with Crippen LogP contribution in [0.5, 0.6) is 0 Å². The van der Waals surface area contributed by atoms with E-state index in [1.165, 1.54) is 9.71 Å². The molecule has 1 aliphatic heterocycles. The number of aromatic nitrogens is 2. The van der Waals surface area contributed by atoms with Gasteiger partial charge in [-0.15, -0.1) is 0 Å². The first-order valence-corrected chi connectivity index (χ1v) is 9.73. The van der Waals surface area contributed by atoms with Crippen molar-refractivity contribution in [3.05, 3.63) is 58.5 Å². The summed E-state index contributed by atoms with van der Waals surface area (Å²) in [4.78, 5) is 4.30. The van der Waals surface area contributed by atoms with E-state index in [0.29, 0.717) is 23.0 Å². The molecule has 0 spiro atoms. The maximum Gasteiger partial charge on any atom is 0.235 e. The molecule has 1 unspecified atom stereocenters. The minimum Gasteiger partial charge on any atom is -0.335 e. The van der Waals surface area contributed by atoms with E-state index < -0.39 is 10.0 Å². The van der Waals surface area contributed by atoms with Gasteiger partial charge in [0.2, 0.25) is 10.0 Å². The first-order chi connectivity index (χ1) is 11.5. The van der Waals surface area contributed by atoms with Gasteiger partial charge in [0.15, 0.2) is 0 Å². The van der Waals surface area contributed by atoms with Gasteiger partial charge in [0.25, 0.3) is 0 Å². The van der Waals surface area contributed by atoms with Gasteiger partial charge in [-0.1, -0.05) is 29.8 Å². The number of hydrogen-bond donors (Lipinski definition) is 0. The number of sulfonamides is 1. The van der Waals surface area contributed by atoms with Crippen LogP contribution in [0, 0.1) is 5.92 Å². The Morgan fingerprint density at radius 2 is 2.21 bits per heavy atom. The molecule has 2 heterocycles. The third-order valence-electron chi connectivity index (χ3n) is 4.31. The fourth-order valence-corrected chi connectivity index (χ4v) is 4.07. The number of imidazole rings is 1. The van der Waals surface area contributed by atoms with Gasteiger partial charge in [0, 0.05) is 49.4 Å². The SMILES string of the molecule is CN(CC1CCc2nccn2C1)S(=O)(=O)/C=C/c1ccccc1Cl. The van der Waals surface area contributed by atoms with E-state index in [2.05, 4.69) is 9.55 Å². The summed E-state index contributed by atoms with van der Waals surface area (Å²) in [6, 6.07) is 7.17. The summed E-state index contributed by atoms with van der Waals surface area (Å²) in [7, 11) is -1.85. The van der Waals surface area contributed by atoms with Crippen LogP contribution in [0.15, 0.2) is 42.1 Å². The molecule has 0 radical (unpaired) electrons. The number of benzene rings is 1. The lowest BCUT2D eigenvalue weighted by Gasteiger charge is -2.27. The molecule has 24 heavy (non-hydrogen) atoms. The molecule has 0 fully saturated rings. The number of aryl methyl sites for hydroxylation is 1. The van der Waals surface area contributed by atoms with Crippen LogP contribution in [0.1, 0.15) is 17.8 Å². The second kappa shape index (κ2) is 7.09. The number of fused-ring (bicyclic) bond motifs is 1. The molecule has 0 saturated heterocycles. The summed E-state index contributed by atoms with van der Waals surface area (Å²) in [6.45, 7) is 1.30. The van der Waals surface area contributed by atoms with E-state index in [1.54, 1.807) is 31.5 Å². The third kappa shape index (κ3) is 3.88. The first kappa shape index (κ1) is 17.2. The molecular formula is C17H20ClN3O2S. The Morgan fingerprint density at radius 1 is 1.42 bits per heavy atom. The van der Waals surface area contributed by atoms with E-state index in [0.717, 1.165) is 25.2 Å². The maximum atomic E-state index is 12.5. The average Bonchev–Trinajstić information content (AvgIpc) is 3.02. The molecule has 2 aromatic rings. The summed E-state index contributed by atoms with van der Waals surface area (Å²) in [5.41, 5.74) is 0.692. The zero-order chi connectivity index (χ0) is 17.2.